The lowest BCUT2D eigenvalue weighted by atomic mass is 10.2. The van der Waals surface area contributed by atoms with Gasteiger partial charge in [-0.1, -0.05) is 0 Å². The van der Waals surface area contributed by atoms with Crippen molar-refractivity contribution in [2.24, 2.45) is 0 Å². The van der Waals surface area contributed by atoms with Crippen LogP contribution in [0.4, 0.5) is 13.2 Å². The fraction of sp³-hybridized carbons (Fsp3) is 0.455. The van der Waals surface area contributed by atoms with Crippen molar-refractivity contribution in [3.05, 3.63) is 22.1 Å². The minimum atomic E-state index is -4.95. The van der Waals surface area contributed by atoms with Gasteiger partial charge in [-0.25, -0.2) is 0 Å². The SMILES string of the molecule is CCOC(=O)Cc1c(OC)c(OC(F)(F)F)c[nH]c1=O. The zero-order valence-electron chi connectivity index (χ0n) is 10.7. The van der Waals surface area contributed by atoms with Crippen LogP contribution in [-0.2, 0) is 16.0 Å². The van der Waals surface area contributed by atoms with Crippen molar-refractivity contribution in [2.45, 2.75) is 19.7 Å². The number of hydrogen-bond acceptors (Lipinski definition) is 5. The number of esters is 1. The molecule has 1 rings (SSSR count). The van der Waals surface area contributed by atoms with Gasteiger partial charge in [0.25, 0.3) is 5.56 Å². The molecule has 0 radical (unpaired) electrons. The highest BCUT2D eigenvalue weighted by molar-refractivity contribution is 5.74. The Hall–Kier alpha value is -2.19. The molecule has 9 heteroatoms. The van der Waals surface area contributed by atoms with Crippen LogP contribution in [0, 0.1) is 0 Å². The van der Waals surface area contributed by atoms with Crippen LogP contribution in [0.5, 0.6) is 11.5 Å². The largest absolute Gasteiger partial charge is 0.573 e. The van der Waals surface area contributed by atoms with Crippen molar-refractivity contribution in [1.29, 1.82) is 0 Å². The van der Waals surface area contributed by atoms with Crippen LogP contribution in [0.3, 0.4) is 0 Å². The second kappa shape index (κ2) is 6.31. The number of aromatic amines is 1. The topological polar surface area (TPSA) is 77.6 Å². The number of rotatable bonds is 5. The molecule has 6 nitrogen and oxygen atoms in total. The van der Waals surface area contributed by atoms with Crippen LogP contribution in [0.25, 0.3) is 0 Å². The predicted octanol–water partition coefficient (Wildman–Crippen LogP) is 1.39. The molecule has 0 aromatic carbocycles. The normalized spacial score (nSPS) is 11.1. The standard InChI is InChI=1S/C11H12F3NO5/c1-3-19-8(16)4-6-9(18-2)7(5-15-10(6)17)20-11(12,13)14/h5H,3-4H2,1-2H3,(H,15,17). The summed E-state index contributed by atoms with van der Waals surface area (Å²) < 4.78 is 49.7. The second-order valence-electron chi connectivity index (χ2n) is 3.52. The molecule has 0 saturated heterocycles. The van der Waals surface area contributed by atoms with Gasteiger partial charge in [-0.05, 0) is 6.92 Å². The quantitative estimate of drug-likeness (QED) is 0.831. The molecular weight excluding hydrogens is 283 g/mol. The number of alkyl halides is 3. The van der Waals surface area contributed by atoms with Gasteiger partial charge in [0.15, 0.2) is 11.5 Å². The summed E-state index contributed by atoms with van der Waals surface area (Å²) in [6, 6.07) is 0. The van der Waals surface area contributed by atoms with E-state index in [0.717, 1.165) is 7.11 Å². The molecule has 112 valence electrons. The first-order chi connectivity index (χ1) is 9.28. The molecule has 0 bridgehead atoms. The predicted molar refractivity (Wildman–Crippen MR) is 60.6 cm³/mol. The van der Waals surface area contributed by atoms with Gasteiger partial charge >= 0.3 is 12.3 Å². The number of nitrogens with one attached hydrogen (secondary N) is 1. The fourth-order valence-corrected chi connectivity index (χ4v) is 1.48. The smallest absolute Gasteiger partial charge is 0.492 e. The third-order valence-corrected chi connectivity index (χ3v) is 2.16. The molecule has 0 amide bonds. The molecule has 1 aromatic heterocycles. The monoisotopic (exact) mass is 295 g/mol. The van der Waals surface area contributed by atoms with E-state index in [1.807, 2.05) is 4.98 Å². The van der Waals surface area contributed by atoms with E-state index in [1.54, 1.807) is 6.92 Å². The van der Waals surface area contributed by atoms with Gasteiger partial charge in [0.05, 0.1) is 31.9 Å². The highest BCUT2D eigenvalue weighted by Crippen LogP contribution is 2.32. The van der Waals surface area contributed by atoms with E-state index < -0.39 is 35.8 Å². The Kier molecular flexibility index (Phi) is 5.00. The zero-order valence-corrected chi connectivity index (χ0v) is 10.7. The maximum atomic E-state index is 12.2. The van der Waals surface area contributed by atoms with E-state index >= 15 is 0 Å². The van der Waals surface area contributed by atoms with E-state index in [2.05, 4.69) is 9.47 Å². The summed E-state index contributed by atoms with van der Waals surface area (Å²) in [4.78, 5) is 25.0. The molecule has 0 saturated carbocycles. The van der Waals surface area contributed by atoms with Gasteiger partial charge in [-0.2, -0.15) is 0 Å². The number of hydrogen-bond donors (Lipinski definition) is 1. The highest BCUT2D eigenvalue weighted by atomic mass is 19.4. The summed E-state index contributed by atoms with van der Waals surface area (Å²) in [6.45, 7) is 1.64. The lowest BCUT2D eigenvalue weighted by molar-refractivity contribution is -0.275. The Balaban J connectivity index is 3.18. The number of aromatic nitrogens is 1. The van der Waals surface area contributed by atoms with Gasteiger partial charge in [0, 0.05) is 0 Å². The van der Waals surface area contributed by atoms with Gasteiger partial charge in [0.2, 0.25) is 0 Å². The summed E-state index contributed by atoms with van der Waals surface area (Å²) in [5, 5.41) is 0. The molecule has 1 aromatic rings. The zero-order chi connectivity index (χ0) is 15.3. The number of pyridine rings is 1. The van der Waals surface area contributed by atoms with E-state index in [9.17, 15) is 22.8 Å². The van der Waals surface area contributed by atoms with Crippen LogP contribution in [-0.4, -0.2) is 31.0 Å². The molecule has 0 atom stereocenters. The van der Waals surface area contributed by atoms with Crippen molar-refractivity contribution < 1.29 is 32.2 Å². The molecule has 1 N–H and O–H groups in total. The van der Waals surface area contributed by atoms with Crippen LogP contribution in [0.15, 0.2) is 11.0 Å². The van der Waals surface area contributed by atoms with Crippen LogP contribution < -0.4 is 15.0 Å². The minimum Gasteiger partial charge on any atom is -0.492 e. The minimum absolute atomic E-state index is 0.0811. The second-order valence-corrected chi connectivity index (χ2v) is 3.52. The maximum Gasteiger partial charge on any atom is 0.573 e. The van der Waals surface area contributed by atoms with E-state index in [-0.39, 0.29) is 12.2 Å². The Morgan fingerprint density at radius 2 is 2.05 bits per heavy atom. The first kappa shape index (κ1) is 15.9. The Morgan fingerprint density at radius 3 is 2.55 bits per heavy atom. The molecule has 0 aliphatic heterocycles. The highest BCUT2D eigenvalue weighted by Gasteiger charge is 2.33. The van der Waals surface area contributed by atoms with Crippen molar-refractivity contribution in [3.8, 4) is 11.5 Å². The van der Waals surface area contributed by atoms with E-state index in [0.29, 0.717) is 6.20 Å². The Morgan fingerprint density at radius 1 is 1.40 bits per heavy atom. The number of ether oxygens (including phenoxy) is 3. The van der Waals surface area contributed by atoms with E-state index in [4.69, 9.17) is 4.74 Å². The van der Waals surface area contributed by atoms with Gasteiger partial charge in [-0.15, -0.1) is 13.2 Å². The lowest BCUT2D eigenvalue weighted by Gasteiger charge is -2.14. The van der Waals surface area contributed by atoms with Gasteiger partial charge in [-0.3, -0.25) is 9.59 Å². The first-order valence-electron chi connectivity index (χ1n) is 5.48. The van der Waals surface area contributed by atoms with Crippen molar-refractivity contribution >= 4 is 5.97 Å². The van der Waals surface area contributed by atoms with Gasteiger partial charge in [0.1, 0.15) is 0 Å². The van der Waals surface area contributed by atoms with Crippen LogP contribution >= 0.6 is 0 Å². The molecule has 0 unspecified atom stereocenters. The molecule has 0 aliphatic rings. The Bertz CT molecular complexity index is 538. The number of carbonyl (C=O) groups excluding carboxylic acids is 1. The first-order valence-corrected chi connectivity index (χ1v) is 5.48. The molecule has 0 aliphatic carbocycles. The van der Waals surface area contributed by atoms with Crippen molar-refractivity contribution in [1.82, 2.24) is 4.98 Å². The summed E-state index contributed by atoms with van der Waals surface area (Å²) in [6.07, 6.45) is -4.77. The van der Waals surface area contributed by atoms with Crippen LogP contribution in [0.2, 0.25) is 0 Å². The summed E-state index contributed by atoms with van der Waals surface area (Å²) in [5.74, 6) is -1.96. The molecular formula is C11H12F3NO5. The molecule has 1 heterocycles. The number of H-pyrrole nitrogens is 1. The van der Waals surface area contributed by atoms with Crippen molar-refractivity contribution in [3.63, 3.8) is 0 Å². The average molecular weight is 295 g/mol. The Labute approximate surface area is 111 Å². The number of methoxy groups -OCH3 is 1. The molecule has 0 spiro atoms. The number of carbonyl (C=O) groups is 1. The summed E-state index contributed by atoms with van der Waals surface area (Å²) in [5.41, 5.74) is -1.06. The number of halogens is 3. The molecule has 20 heavy (non-hydrogen) atoms. The summed E-state index contributed by atoms with van der Waals surface area (Å²) >= 11 is 0. The average Bonchev–Trinajstić information content (AvgIpc) is 2.32. The van der Waals surface area contributed by atoms with Crippen molar-refractivity contribution in [2.75, 3.05) is 13.7 Å². The third-order valence-electron chi connectivity index (χ3n) is 2.16. The fourth-order valence-electron chi connectivity index (χ4n) is 1.48. The maximum absolute atomic E-state index is 12.2. The third kappa shape index (κ3) is 4.18. The van der Waals surface area contributed by atoms with Gasteiger partial charge < -0.3 is 19.2 Å². The molecule has 0 fully saturated rings. The van der Waals surface area contributed by atoms with Crippen LogP contribution in [0.1, 0.15) is 12.5 Å². The lowest BCUT2D eigenvalue weighted by Crippen LogP contribution is -2.22. The van der Waals surface area contributed by atoms with E-state index in [1.165, 1.54) is 0 Å². The summed E-state index contributed by atoms with van der Waals surface area (Å²) in [7, 11) is 1.06.